The Morgan fingerprint density at radius 2 is 2.00 bits per heavy atom. The first-order valence-electron chi connectivity index (χ1n) is 8.04. The third-order valence-electron chi connectivity index (χ3n) is 3.31. The van der Waals surface area contributed by atoms with Gasteiger partial charge in [-0.05, 0) is 48.9 Å². The van der Waals surface area contributed by atoms with Crippen LogP contribution in [0.3, 0.4) is 0 Å². The molecule has 0 spiro atoms. The van der Waals surface area contributed by atoms with E-state index in [2.05, 4.69) is 10.3 Å². The zero-order valence-corrected chi connectivity index (χ0v) is 15.4. The van der Waals surface area contributed by atoms with Crippen LogP contribution in [0.5, 0.6) is 0 Å². The fourth-order valence-corrected chi connectivity index (χ4v) is 2.39. The highest BCUT2D eigenvalue weighted by molar-refractivity contribution is 6.34. The molecule has 0 unspecified atom stereocenters. The first-order valence-corrected chi connectivity index (χ1v) is 8.42. The molecule has 27 heavy (non-hydrogen) atoms. The van der Waals surface area contributed by atoms with Crippen LogP contribution in [-0.4, -0.2) is 24.4 Å². The van der Waals surface area contributed by atoms with E-state index in [1.807, 2.05) is 0 Å². The van der Waals surface area contributed by atoms with Crippen molar-refractivity contribution in [2.24, 2.45) is 16.5 Å². The summed E-state index contributed by atoms with van der Waals surface area (Å²) in [4.78, 5) is 27.7. The van der Waals surface area contributed by atoms with Crippen LogP contribution in [0, 0.1) is 0 Å². The molecular formula is C19H19ClN4O3. The molecular weight excluding hydrogens is 368 g/mol. The van der Waals surface area contributed by atoms with Crippen LogP contribution in [0.4, 0.5) is 11.4 Å². The summed E-state index contributed by atoms with van der Waals surface area (Å²) in [6.45, 7) is 2.03. The number of ether oxygens (including phenoxy) is 1. The number of hydrogen-bond donors (Lipinski definition) is 3. The maximum atomic E-state index is 12.4. The Morgan fingerprint density at radius 3 is 2.67 bits per heavy atom. The monoisotopic (exact) mass is 386 g/mol. The van der Waals surface area contributed by atoms with Crippen molar-refractivity contribution in [1.29, 1.82) is 0 Å². The van der Waals surface area contributed by atoms with E-state index in [4.69, 9.17) is 27.8 Å². The molecule has 140 valence electrons. The van der Waals surface area contributed by atoms with Crippen LogP contribution in [-0.2, 0) is 9.53 Å². The Hall–Kier alpha value is -3.32. The standard InChI is InChI=1S/C19H19ClN4O3/c1-2-27-17(25)9-7-12-6-8-16(15(20)10-12)24-18(26)13-4-3-5-14(11-13)23-19(21)22/h3-11H,2H2,1H3,(H,24,26)(H4,21,22,23). The van der Waals surface area contributed by atoms with Crippen LogP contribution in [0.1, 0.15) is 22.8 Å². The van der Waals surface area contributed by atoms with Crippen molar-refractivity contribution < 1.29 is 14.3 Å². The lowest BCUT2D eigenvalue weighted by atomic mass is 10.1. The smallest absolute Gasteiger partial charge is 0.330 e. The third-order valence-corrected chi connectivity index (χ3v) is 3.62. The summed E-state index contributed by atoms with van der Waals surface area (Å²) in [7, 11) is 0. The molecule has 0 bridgehead atoms. The summed E-state index contributed by atoms with van der Waals surface area (Å²) in [6.07, 6.45) is 2.89. The molecule has 0 heterocycles. The van der Waals surface area contributed by atoms with Crippen LogP contribution in [0.15, 0.2) is 53.5 Å². The minimum atomic E-state index is -0.438. The quantitative estimate of drug-likeness (QED) is 0.305. The van der Waals surface area contributed by atoms with Crippen LogP contribution in [0.25, 0.3) is 6.08 Å². The number of hydrogen-bond acceptors (Lipinski definition) is 4. The van der Waals surface area contributed by atoms with Gasteiger partial charge in [0.1, 0.15) is 0 Å². The summed E-state index contributed by atoms with van der Waals surface area (Å²) < 4.78 is 4.81. The van der Waals surface area contributed by atoms with Gasteiger partial charge < -0.3 is 21.5 Å². The van der Waals surface area contributed by atoms with E-state index in [-0.39, 0.29) is 11.9 Å². The molecule has 7 nitrogen and oxygen atoms in total. The van der Waals surface area contributed by atoms with Crippen LogP contribution in [0.2, 0.25) is 5.02 Å². The molecule has 2 rings (SSSR count). The van der Waals surface area contributed by atoms with Crippen LogP contribution >= 0.6 is 11.6 Å². The van der Waals surface area contributed by atoms with Gasteiger partial charge in [0.2, 0.25) is 0 Å². The van der Waals surface area contributed by atoms with Crippen molar-refractivity contribution >= 4 is 46.9 Å². The van der Waals surface area contributed by atoms with Gasteiger partial charge in [0, 0.05) is 11.6 Å². The second kappa shape index (κ2) is 9.40. The molecule has 8 heteroatoms. The van der Waals surface area contributed by atoms with E-state index >= 15 is 0 Å². The highest BCUT2D eigenvalue weighted by Crippen LogP contribution is 2.25. The molecule has 0 saturated heterocycles. The van der Waals surface area contributed by atoms with E-state index < -0.39 is 5.97 Å². The summed E-state index contributed by atoms with van der Waals surface area (Å²) in [6, 6.07) is 11.5. The molecule has 0 aromatic heterocycles. The van der Waals surface area contributed by atoms with Crippen molar-refractivity contribution in [2.45, 2.75) is 6.92 Å². The van der Waals surface area contributed by atoms with Gasteiger partial charge in [-0.15, -0.1) is 0 Å². The van der Waals surface area contributed by atoms with E-state index in [1.165, 1.54) is 6.08 Å². The summed E-state index contributed by atoms with van der Waals surface area (Å²) >= 11 is 6.22. The molecule has 0 fully saturated rings. The number of nitrogens with one attached hydrogen (secondary N) is 1. The largest absolute Gasteiger partial charge is 0.463 e. The van der Waals surface area contributed by atoms with Crippen molar-refractivity contribution in [2.75, 3.05) is 11.9 Å². The van der Waals surface area contributed by atoms with E-state index in [0.717, 1.165) is 0 Å². The highest BCUT2D eigenvalue weighted by Gasteiger charge is 2.09. The normalized spacial score (nSPS) is 10.4. The highest BCUT2D eigenvalue weighted by atomic mass is 35.5. The number of nitrogens with zero attached hydrogens (tertiary/aromatic N) is 1. The van der Waals surface area contributed by atoms with Crippen molar-refractivity contribution in [1.82, 2.24) is 0 Å². The SMILES string of the molecule is CCOC(=O)C=Cc1ccc(NC(=O)c2cccc(N=C(N)N)c2)c(Cl)c1. The number of carbonyl (C=O) groups is 2. The Labute approximate surface area is 161 Å². The molecule has 0 aliphatic rings. The lowest BCUT2D eigenvalue weighted by Crippen LogP contribution is -2.21. The van der Waals surface area contributed by atoms with E-state index in [9.17, 15) is 9.59 Å². The fourth-order valence-electron chi connectivity index (χ4n) is 2.15. The molecule has 0 saturated carbocycles. The second-order valence-corrected chi connectivity index (χ2v) is 5.77. The Morgan fingerprint density at radius 1 is 1.22 bits per heavy atom. The fraction of sp³-hybridized carbons (Fsp3) is 0.105. The Bertz CT molecular complexity index is 906. The summed E-state index contributed by atoms with van der Waals surface area (Å²) in [5.74, 6) is -0.895. The number of rotatable bonds is 6. The first kappa shape index (κ1) is 20.0. The Kier molecular flexibility index (Phi) is 6.96. The number of guanidine groups is 1. The second-order valence-electron chi connectivity index (χ2n) is 5.37. The van der Waals surface area contributed by atoms with Crippen molar-refractivity contribution in [3.05, 3.63) is 64.7 Å². The first-order chi connectivity index (χ1) is 12.9. The number of nitrogens with two attached hydrogens (primary N) is 2. The number of esters is 1. The van der Waals surface area contributed by atoms with Gasteiger partial charge in [-0.2, -0.15) is 0 Å². The average Bonchev–Trinajstić information content (AvgIpc) is 2.62. The van der Waals surface area contributed by atoms with Gasteiger partial charge in [-0.25, -0.2) is 9.79 Å². The predicted octanol–water partition coefficient (Wildman–Crippen LogP) is 3.07. The summed E-state index contributed by atoms with van der Waals surface area (Å²) in [5.41, 5.74) is 12.7. The number of aliphatic imine (C=N–C) groups is 1. The maximum absolute atomic E-state index is 12.4. The minimum Gasteiger partial charge on any atom is -0.463 e. The van der Waals surface area contributed by atoms with Gasteiger partial charge in [-0.1, -0.05) is 23.7 Å². The predicted molar refractivity (Wildman–Crippen MR) is 107 cm³/mol. The molecule has 2 aromatic carbocycles. The molecule has 1 amide bonds. The minimum absolute atomic E-state index is 0.0953. The lowest BCUT2D eigenvalue weighted by molar-refractivity contribution is -0.137. The number of anilines is 1. The number of carbonyl (C=O) groups excluding carboxylic acids is 2. The van der Waals surface area contributed by atoms with Crippen molar-refractivity contribution in [3.63, 3.8) is 0 Å². The molecule has 0 radical (unpaired) electrons. The van der Waals surface area contributed by atoms with Gasteiger partial charge >= 0.3 is 5.97 Å². The van der Waals surface area contributed by atoms with Crippen molar-refractivity contribution in [3.8, 4) is 0 Å². The zero-order chi connectivity index (χ0) is 19.8. The summed E-state index contributed by atoms with van der Waals surface area (Å²) in [5, 5.41) is 3.05. The van der Waals surface area contributed by atoms with Gasteiger partial charge in [0.15, 0.2) is 5.96 Å². The molecule has 2 aromatic rings. The van der Waals surface area contributed by atoms with Gasteiger partial charge in [0.25, 0.3) is 5.91 Å². The number of halogens is 1. The topological polar surface area (TPSA) is 120 Å². The number of benzene rings is 2. The lowest BCUT2D eigenvalue weighted by Gasteiger charge is -2.08. The number of amides is 1. The zero-order valence-electron chi connectivity index (χ0n) is 14.6. The van der Waals surface area contributed by atoms with Crippen LogP contribution < -0.4 is 16.8 Å². The Balaban J connectivity index is 2.12. The average molecular weight is 387 g/mol. The van der Waals surface area contributed by atoms with E-state index in [1.54, 1.807) is 55.5 Å². The van der Waals surface area contributed by atoms with Gasteiger partial charge in [0.05, 0.1) is 23.0 Å². The molecule has 0 aliphatic carbocycles. The maximum Gasteiger partial charge on any atom is 0.330 e. The molecule has 0 atom stereocenters. The van der Waals surface area contributed by atoms with E-state index in [0.29, 0.717) is 34.1 Å². The van der Waals surface area contributed by atoms with Gasteiger partial charge in [-0.3, -0.25) is 4.79 Å². The molecule has 0 aliphatic heterocycles. The molecule has 5 N–H and O–H groups in total. The third kappa shape index (κ3) is 6.16.